The topological polar surface area (TPSA) is 38.7 Å². The molecule has 0 saturated carbocycles. The summed E-state index contributed by atoms with van der Waals surface area (Å²) in [5, 5.41) is 9.37. The maximum absolute atomic E-state index is 9.37. The van der Waals surface area contributed by atoms with Crippen LogP contribution >= 0.6 is 0 Å². The number of ether oxygens (including phenoxy) is 2. The fourth-order valence-electron chi connectivity index (χ4n) is 2.19. The molecule has 2 aromatic carbocycles. The second kappa shape index (κ2) is 10.1. The Bertz CT molecular complexity index is 499. The average molecular weight is 300 g/mol. The minimum Gasteiger partial charge on any atom is -0.394 e. The maximum atomic E-state index is 9.37. The Morgan fingerprint density at radius 1 is 0.818 bits per heavy atom. The van der Waals surface area contributed by atoms with Gasteiger partial charge in [-0.1, -0.05) is 60.7 Å². The van der Waals surface area contributed by atoms with Crippen LogP contribution in [0.25, 0.3) is 0 Å². The summed E-state index contributed by atoms with van der Waals surface area (Å²) in [5.41, 5.74) is 2.31. The van der Waals surface area contributed by atoms with Gasteiger partial charge in [0, 0.05) is 6.61 Å². The standard InChI is InChI=1S/C19H24O3/c20-14-19(22-16-18-10-5-2-6-11-18)12-7-13-21-15-17-8-3-1-4-9-17/h1-6,8-11,19-20H,7,12-16H2. The molecule has 0 radical (unpaired) electrons. The van der Waals surface area contributed by atoms with Crippen molar-refractivity contribution < 1.29 is 14.6 Å². The highest BCUT2D eigenvalue weighted by Gasteiger charge is 2.07. The van der Waals surface area contributed by atoms with Crippen molar-refractivity contribution in [3.05, 3.63) is 71.8 Å². The molecule has 1 N–H and O–H groups in total. The maximum Gasteiger partial charge on any atom is 0.0811 e. The number of rotatable bonds is 10. The summed E-state index contributed by atoms with van der Waals surface area (Å²) < 4.78 is 11.4. The van der Waals surface area contributed by atoms with Gasteiger partial charge in [-0.15, -0.1) is 0 Å². The van der Waals surface area contributed by atoms with Crippen LogP contribution in [0.5, 0.6) is 0 Å². The third-order valence-corrected chi connectivity index (χ3v) is 3.46. The molecule has 2 rings (SSSR count). The van der Waals surface area contributed by atoms with Crippen LogP contribution in [0.3, 0.4) is 0 Å². The fraction of sp³-hybridized carbons (Fsp3) is 0.368. The van der Waals surface area contributed by atoms with Gasteiger partial charge in [0.05, 0.1) is 25.9 Å². The van der Waals surface area contributed by atoms with Gasteiger partial charge in [0.15, 0.2) is 0 Å². The molecule has 3 heteroatoms. The van der Waals surface area contributed by atoms with Crippen LogP contribution in [0.1, 0.15) is 24.0 Å². The number of aliphatic hydroxyl groups is 1. The van der Waals surface area contributed by atoms with Crippen LogP contribution in [0, 0.1) is 0 Å². The third kappa shape index (κ3) is 6.39. The Morgan fingerprint density at radius 2 is 1.41 bits per heavy atom. The van der Waals surface area contributed by atoms with Crippen LogP contribution in [-0.4, -0.2) is 24.4 Å². The summed E-state index contributed by atoms with van der Waals surface area (Å²) in [6.45, 7) is 1.90. The molecular weight excluding hydrogens is 276 g/mol. The molecule has 0 aliphatic rings. The average Bonchev–Trinajstić information content (AvgIpc) is 2.59. The van der Waals surface area contributed by atoms with Crippen molar-refractivity contribution in [2.75, 3.05) is 13.2 Å². The van der Waals surface area contributed by atoms with E-state index in [0.29, 0.717) is 19.8 Å². The zero-order valence-electron chi connectivity index (χ0n) is 12.9. The summed E-state index contributed by atoms with van der Waals surface area (Å²) in [4.78, 5) is 0. The van der Waals surface area contributed by atoms with Crippen molar-refractivity contribution in [3.63, 3.8) is 0 Å². The van der Waals surface area contributed by atoms with E-state index in [1.807, 2.05) is 48.5 Å². The zero-order valence-corrected chi connectivity index (χ0v) is 12.9. The quantitative estimate of drug-likeness (QED) is 0.682. The smallest absolute Gasteiger partial charge is 0.0811 e. The van der Waals surface area contributed by atoms with E-state index in [2.05, 4.69) is 12.1 Å². The molecule has 0 fully saturated rings. The van der Waals surface area contributed by atoms with E-state index in [1.165, 1.54) is 5.56 Å². The first kappa shape index (κ1) is 16.7. The lowest BCUT2D eigenvalue weighted by atomic mass is 10.2. The van der Waals surface area contributed by atoms with Crippen molar-refractivity contribution in [2.24, 2.45) is 0 Å². The SMILES string of the molecule is OCC(CCCOCc1ccccc1)OCc1ccccc1. The molecule has 0 heterocycles. The Labute approximate surface area is 132 Å². The zero-order chi connectivity index (χ0) is 15.5. The van der Waals surface area contributed by atoms with Gasteiger partial charge in [-0.3, -0.25) is 0 Å². The van der Waals surface area contributed by atoms with Gasteiger partial charge in [-0.2, -0.15) is 0 Å². The van der Waals surface area contributed by atoms with E-state index >= 15 is 0 Å². The molecule has 1 unspecified atom stereocenters. The third-order valence-electron chi connectivity index (χ3n) is 3.46. The number of aliphatic hydroxyl groups excluding tert-OH is 1. The summed E-state index contributed by atoms with van der Waals surface area (Å²) in [5.74, 6) is 0. The Morgan fingerprint density at radius 3 is 2.00 bits per heavy atom. The molecule has 3 nitrogen and oxygen atoms in total. The molecule has 0 amide bonds. The number of benzene rings is 2. The van der Waals surface area contributed by atoms with Crippen LogP contribution in [0.15, 0.2) is 60.7 Å². The Kier molecular flexibility index (Phi) is 7.67. The van der Waals surface area contributed by atoms with E-state index in [1.54, 1.807) is 0 Å². The van der Waals surface area contributed by atoms with Crippen LogP contribution in [0.2, 0.25) is 0 Å². The summed E-state index contributed by atoms with van der Waals surface area (Å²) in [6.07, 6.45) is 1.56. The first-order valence-corrected chi connectivity index (χ1v) is 7.76. The van der Waals surface area contributed by atoms with Gasteiger partial charge >= 0.3 is 0 Å². The first-order valence-electron chi connectivity index (χ1n) is 7.76. The van der Waals surface area contributed by atoms with Gasteiger partial charge in [-0.25, -0.2) is 0 Å². The largest absolute Gasteiger partial charge is 0.394 e. The number of hydrogen-bond acceptors (Lipinski definition) is 3. The molecule has 0 saturated heterocycles. The molecule has 0 bridgehead atoms. The molecule has 22 heavy (non-hydrogen) atoms. The van der Waals surface area contributed by atoms with E-state index in [9.17, 15) is 5.11 Å². The van der Waals surface area contributed by atoms with Gasteiger partial charge < -0.3 is 14.6 Å². The summed E-state index contributed by atoms with van der Waals surface area (Å²) in [6, 6.07) is 20.1. The van der Waals surface area contributed by atoms with Crippen LogP contribution in [-0.2, 0) is 22.7 Å². The molecule has 1 atom stereocenters. The lowest BCUT2D eigenvalue weighted by Gasteiger charge is -2.15. The normalized spacial score (nSPS) is 12.2. The molecule has 0 aliphatic carbocycles. The van der Waals surface area contributed by atoms with E-state index in [-0.39, 0.29) is 12.7 Å². The highest BCUT2D eigenvalue weighted by atomic mass is 16.5. The Hall–Kier alpha value is -1.68. The predicted molar refractivity (Wildman–Crippen MR) is 87.4 cm³/mol. The van der Waals surface area contributed by atoms with E-state index < -0.39 is 0 Å². The molecule has 0 aliphatic heterocycles. The van der Waals surface area contributed by atoms with Crippen LogP contribution in [0.4, 0.5) is 0 Å². The van der Waals surface area contributed by atoms with Crippen molar-refractivity contribution in [1.29, 1.82) is 0 Å². The van der Waals surface area contributed by atoms with Crippen molar-refractivity contribution in [2.45, 2.75) is 32.2 Å². The predicted octanol–water partition coefficient (Wildman–Crippen LogP) is 3.56. The first-order chi connectivity index (χ1) is 10.9. The molecule has 2 aromatic rings. The second-order valence-corrected chi connectivity index (χ2v) is 5.28. The second-order valence-electron chi connectivity index (χ2n) is 5.28. The number of hydrogen-bond donors (Lipinski definition) is 1. The lowest BCUT2D eigenvalue weighted by molar-refractivity contribution is -0.00839. The molecule has 0 aromatic heterocycles. The molecule has 0 spiro atoms. The minimum atomic E-state index is -0.125. The van der Waals surface area contributed by atoms with Gasteiger partial charge in [-0.05, 0) is 24.0 Å². The minimum absolute atomic E-state index is 0.0471. The van der Waals surface area contributed by atoms with Crippen molar-refractivity contribution >= 4 is 0 Å². The fourth-order valence-corrected chi connectivity index (χ4v) is 2.19. The van der Waals surface area contributed by atoms with Crippen molar-refractivity contribution in [1.82, 2.24) is 0 Å². The van der Waals surface area contributed by atoms with Gasteiger partial charge in [0.2, 0.25) is 0 Å². The van der Waals surface area contributed by atoms with Gasteiger partial charge in [0.25, 0.3) is 0 Å². The lowest BCUT2D eigenvalue weighted by Crippen LogP contribution is -2.18. The Balaban J connectivity index is 1.58. The summed E-state index contributed by atoms with van der Waals surface area (Å²) >= 11 is 0. The summed E-state index contributed by atoms with van der Waals surface area (Å²) in [7, 11) is 0. The molecule has 118 valence electrons. The van der Waals surface area contributed by atoms with Crippen molar-refractivity contribution in [3.8, 4) is 0 Å². The highest BCUT2D eigenvalue weighted by molar-refractivity contribution is 5.14. The molecular formula is C19H24O3. The van der Waals surface area contributed by atoms with E-state index in [4.69, 9.17) is 9.47 Å². The van der Waals surface area contributed by atoms with Crippen LogP contribution < -0.4 is 0 Å². The van der Waals surface area contributed by atoms with Gasteiger partial charge in [0.1, 0.15) is 0 Å². The van der Waals surface area contributed by atoms with E-state index in [0.717, 1.165) is 18.4 Å². The monoisotopic (exact) mass is 300 g/mol. The highest BCUT2D eigenvalue weighted by Crippen LogP contribution is 2.08.